The number of nitrogens with zero attached hydrogens (tertiary/aromatic N) is 3. The molecule has 0 fully saturated rings. The number of pyridine rings is 2. The number of hydrogen-bond acceptors (Lipinski definition) is 5. The summed E-state index contributed by atoms with van der Waals surface area (Å²) in [5.41, 5.74) is 9.11. The molecule has 0 aliphatic rings. The highest BCUT2D eigenvalue weighted by molar-refractivity contribution is 6.08. The summed E-state index contributed by atoms with van der Waals surface area (Å²) < 4.78 is 0. The van der Waals surface area contributed by atoms with E-state index in [-0.39, 0.29) is 5.69 Å². The Balaban J connectivity index is 1.37. The number of aromatic nitrogens is 4. The Hall–Kier alpha value is -4.85. The third-order valence-electron chi connectivity index (χ3n) is 5.10. The summed E-state index contributed by atoms with van der Waals surface area (Å²) in [4.78, 5) is 34.3. The Labute approximate surface area is 188 Å². The highest BCUT2D eigenvalue weighted by atomic mass is 16.2. The van der Waals surface area contributed by atoms with Crippen LogP contribution in [0.1, 0.15) is 20.8 Å². The van der Waals surface area contributed by atoms with Crippen molar-refractivity contribution in [3.8, 4) is 22.5 Å². The third-order valence-corrected chi connectivity index (χ3v) is 5.10. The lowest BCUT2D eigenvalue weighted by atomic mass is 10.0. The number of hydrogen-bond donors (Lipinski definition) is 3. The number of carbonyl (C=O) groups is 2. The van der Waals surface area contributed by atoms with Crippen molar-refractivity contribution in [2.45, 2.75) is 0 Å². The number of carbonyl (C=O) groups excluding carboxylic acids is 2. The summed E-state index contributed by atoms with van der Waals surface area (Å²) in [6, 6.07) is 23.8. The van der Waals surface area contributed by atoms with Crippen LogP contribution in [0.15, 0.2) is 91.3 Å². The monoisotopic (exact) mass is 434 g/mol. The Bertz CT molecular complexity index is 1450. The van der Waals surface area contributed by atoms with Gasteiger partial charge in [0.2, 0.25) is 0 Å². The SMILES string of the molecule is O=C(NNC(=O)c1cc(-c2cccnc2)nc2ccccc12)c1cc(-c2ccccc2)n[nH]1. The van der Waals surface area contributed by atoms with Crippen LogP contribution in [-0.2, 0) is 0 Å². The van der Waals surface area contributed by atoms with Crippen LogP contribution in [0, 0.1) is 0 Å². The van der Waals surface area contributed by atoms with Crippen molar-refractivity contribution >= 4 is 22.7 Å². The molecule has 160 valence electrons. The highest BCUT2D eigenvalue weighted by Gasteiger charge is 2.16. The van der Waals surface area contributed by atoms with E-state index < -0.39 is 11.8 Å². The molecule has 8 nitrogen and oxygen atoms in total. The maximum absolute atomic E-state index is 13.0. The van der Waals surface area contributed by atoms with Crippen molar-refractivity contribution in [3.05, 3.63) is 103 Å². The van der Waals surface area contributed by atoms with Gasteiger partial charge in [-0.2, -0.15) is 5.10 Å². The maximum Gasteiger partial charge on any atom is 0.287 e. The second-order valence-electron chi connectivity index (χ2n) is 7.26. The summed E-state index contributed by atoms with van der Waals surface area (Å²) >= 11 is 0. The van der Waals surface area contributed by atoms with E-state index in [9.17, 15) is 9.59 Å². The van der Waals surface area contributed by atoms with E-state index >= 15 is 0 Å². The molecule has 2 aromatic carbocycles. The van der Waals surface area contributed by atoms with Crippen LogP contribution in [0.4, 0.5) is 0 Å². The van der Waals surface area contributed by atoms with Gasteiger partial charge in [-0.05, 0) is 30.3 Å². The lowest BCUT2D eigenvalue weighted by molar-refractivity contribution is 0.0845. The van der Waals surface area contributed by atoms with Gasteiger partial charge in [0.15, 0.2) is 0 Å². The Morgan fingerprint density at radius 2 is 1.52 bits per heavy atom. The number of H-pyrrole nitrogens is 1. The van der Waals surface area contributed by atoms with Crippen LogP contribution >= 0.6 is 0 Å². The third kappa shape index (κ3) is 4.17. The molecule has 0 unspecified atom stereocenters. The number of hydrazine groups is 1. The van der Waals surface area contributed by atoms with Gasteiger partial charge in [-0.25, -0.2) is 4.98 Å². The molecule has 5 aromatic rings. The fourth-order valence-corrected chi connectivity index (χ4v) is 3.47. The van der Waals surface area contributed by atoms with E-state index in [1.54, 1.807) is 30.6 Å². The van der Waals surface area contributed by atoms with Crippen LogP contribution in [-0.4, -0.2) is 32.0 Å². The van der Waals surface area contributed by atoms with Gasteiger partial charge in [0.05, 0.1) is 22.5 Å². The van der Waals surface area contributed by atoms with E-state index in [2.05, 4.69) is 31.0 Å². The van der Waals surface area contributed by atoms with Crippen LogP contribution in [0.5, 0.6) is 0 Å². The number of benzene rings is 2. The zero-order valence-electron chi connectivity index (χ0n) is 17.3. The predicted molar refractivity (Wildman–Crippen MR) is 124 cm³/mol. The molecule has 0 atom stereocenters. The molecular weight excluding hydrogens is 416 g/mol. The second-order valence-corrected chi connectivity index (χ2v) is 7.26. The van der Waals surface area contributed by atoms with Gasteiger partial charge in [0.25, 0.3) is 11.8 Å². The quantitative estimate of drug-likeness (QED) is 0.373. The molecule has 0 bridgehead atoms. The first kappa shape index (κ1) is 20.1. The van der Waals surface area contributed by atoms with Gasteiger partial charge in [-0.15, -0.1) is 0 Å². The molecule has 3 aromatic heterocycles. The summed E-state index contributed by atoms with van der Waals surface area (Å²) in [7, 11) is 0. The van der Waals surface area contributed by atoms with E-state index in [1.807, 2.05) is 60.7 Å². The first-order valence-corrected chi connectivity index (χ1v) is 10.2. The second kappa shape index (κ2) is 8.72. The topological polar surface area (TPSA) is 113 Å². The molecule has 2 amide bonds. The Kier molecular flexibility index (Phi) is 5.30. The van der Waals surface area contributed by atoms with E-state index in [0.29, 0.717) is 27.9 Å². The molecule has 0 aliphatic carbocycles. The smallest absolute Gasteiger partial charge is 0.272 e. The predicted octanol–water partition coefficient (Wildman–Crippen LogP) is 3.76. The van der Waals surface area contributed by atoms with Gasteiger partial charge in [0.1, 0.15) is 5.69 Å². The summed E-state index contributed by atoms with van der Waals surface area (Å²) in [5.74, 6) is -0.973. The standard InChI is InChI=1S/C25H18N6O2/c32-24(30-31-25(33)23-14-22(28-29-23)16-7-2-1-3-8-16)19-13-21(17-9-6-12-26-15-17)27-20-11-5-4-10-18(19)20/h1-15H,(H,28,29)(H,30,32)(H,31,33). The minimum Gasteiger partial charge on any atom is -0.272 e. The molecular formula is C25H18N6O2. The van der Waals surface area contributed by atoms with Gasteiger partial charge < -0.3 is 0 Å². The zero-order valence-corrected chi connectivity index (χ0v) is 17.3. The summed E-state index contributed by atoms with van der Waals surface area (Å²) in [6.45, 7) is 0. The first-order valence-electron chi connectivity index (χ1n) is 10.2. The molecule has 33 heavy (non-hydrogen) atoms. The largest absolute Gasteiger partial charge is 0.287 e. The van der Waals surface area contributed by atoms with Crippen molar-refractivity contribution in [1.82, 2.24) is 31.0 Å². The molecule has 0 saturated heterocycles. The molecule has 8 heteroatoms. The van der Waals surface area contributed by atoms with Crippen molar-refractivity contribution in [2.75, 3.05) is 0 Å². The van der Waals surface area contributed by atoms with E-state index in [1.165, 1.54) is 0 Å². The number of fused-ring (bicyclic) bond motifs is 1. The molecule has 5 rings (SSSR count). The number of rotatable bonds is 4. The number of aromatic amines is 1. The zero-order chi connectivity index (χ0) is 22.6. The lowest BCUT2D eigenvalue weighted by Gasteiger charge is -2.11. The maximum atomic E-state index is 13.0. The number of para-hydroxylation sites is 1. The van der Waals surface area contributed by atoms with Crippen molar-refractivity contribution in [3.63, 3.8) is 0 Å². The lowest BCUT2D eigenvalue weighted by Crippen LogP contribution is -2.41. The fourth-order valence-electron chi connectivity index (χ4n) is 3.47. The Morgan fingerprint density at radius 1 is 0.758 bits per heavy atom. The molecule has 0 radical (unpaired) electrons. The normalized spacial score (nSPS) is 10.7. The minimum absolute atomic E-state index is 0.227. The molecule has 0 spiro atoms. The van der Waals surface area contributed by atoms with Crippen molar-refractivity contribution in [1.29, 1.82) is 0 Å². The first-order chi connectivity index (χ1) is 16.2. The van der Waals surface area contributed by atoms with Crippen LogP contribution in [0.2, 0.25) is 0 Å². The fraction of sp³-hybridized carbons (Fsp3) is 0. The molecule has 0 aliphatic heterocycles. The average molecular weight is 434 g/mol. The van der Waals surface area contributed by atoms with Crippen molar-refractivity contribution < 1.29 is 9.59 Å². The minimum atomic E-state index is -0.510. The van der Waals surface area contributed by atoms with E-state index in [4.69, 9.17) is 0 Å². The van der Waals surface area contributed by atoms with Crippen molar-refractivity contribution in [2.24, 2.45) is 0 Å². The van der Waals surface area contributed by atoms with Gasteiger partial charge >= 0.3 is 0 Å². The average Bonchev–Trinajstić information content (AvgIpc) is 3.38. The summed E-state index contributed by atoms with van der Waals surface area (Å²) in [6.07, 6.45) is 3.36. The van der Waals surface area contributed by atoms with Gasteiger partial charge in [0, 0.05) is 28.9 Å². The molecule has 3 heterocycles. The van der Waals surface area contributed by atoms with Gasteiger partial charge in [-0.3, -0.25) is 30.5 Å². The summed E-state index contributed by atoms with van der Waals surface area (Å²) in [5, 5.41) is 7.53. The highest BCUT2D eigenvalue weighted by Crippen LogP contribution is 2.24. The van der Waals surface area contributed by atoms with Crippen LogP contribution in [0.25, 0.3) is 33.4 Å². The number of amides is 2. The van der Waals surface area contributed by atoms with Crippen LogP contribution in [0.3, 0.4) is 0 Å². The van der Waals surface area contributed by atoms with E-state index in [0.717, 1.165) is 11.1 Å². The molecule has 3 N–H and O–H groups in total. The van der Waals surface area contributed by atoms with Crippen LogP contribution < -0.4 is 10.9 Å². The van der Waals surface area contributed by atoms with Gasteiger partial charge in [-0.1, -0.05) is 48.5 Å². The number of nitrogens with one attached hydrogen (secondary N) is 3. The Morgan fingerprint density at radius 3 is 2.33 bits per heavy atom. The molecule has 0 saturated carbocycles.